The van der Waals surface area contributed by atoms with Crippen molar-refractivity contribution in [2.45, 2.75) is 18.9 Å². The van der Waals surface area contributed by atoms with Crippen LogP contribution in [0.15, 0.2) is 27.3 Å². The Hall–Kier alpha value is -1.27. The number of rotatable bonds is 2. The number of halogens is 1. The van der Waals surface area contributed by atoms with Crippen molar-refractivity contribution < 1.29 is 4.52 Å². The van der Waals surface area contributed by atoms with Gasteiger partial charge in [0.15, 0.2) is 0 Å². The minimum atomic E-state index is 0.193. The minimum Gasteiger partial charge on any atom is -0.337 e. The van der Waals surface area contributed by atoms with Gasteiger partial charge in [-0.25, -0.2) is 0 Å². The Balaban J connectivity index is 1.92. The molecule has 1 saturated heterocycles. The van der Waals surface area contributed by atoms with Crippen molar-refractivity contribution in [2.24, 2.45) is 0 Å². The molecule has 0 unspecified atom stereocenters. The Morgan fingerprint density at radius 2 is 2.41 bits per heavy atom. The molecule has 0 saturated carbocycles. The molecule has 3 rings (SSSR count). The molecule has 2 aromatic heterocycles. The molecule has 6 heteroatoms. The molecule has 0 aliphatic carbocycles. The van der Waals surface area contributed by atoms with Crippen LogP contribution in [0.4, 0.5) is 0 Å². The summed E-state index contributed by atoms with van der Waals surface area (Å²) in [5.74, 6) is 1.18. The lowest BCUT2D eigenvalue weighted by Crippen LogP contribution is -2.12. The third kappa shape index (κ3) is 2.10. The topological polar surface area (TPSA) is 63.8 Å². The van der Waals surface area contributed by atoms with E-state index in [2.05, 4.69) is 36.4 Å². The molecule has 0 bridgehead atoms. The van der Waals surface area contributed by atoms with Crippen molar-refractivity contribution in [2.75, 3.05) is 6.54 Å². The van der Waals surface area contributed by atoms with Crippen LogP contribution in [0, 0.1) is 0 Å². The zero-order valence-corrected chi connectivity index (χ0v) is 10.6. The van der Waals surface area contributed by atoms with E-state index >= 15 is 0 Å². The highest BCUT2D eigenvalue weighted by molar-refractivity contribution is 9.10. The Morgan fingerprint density at radius 3 is 3.18 bits per heavy atom. The molecule has 17 heavy (non-hydrogen) atoms. The number of pyridine rings is 1. The number of hydrogen-bond acceptors (Lipinski definition) is 5. The van der Waals surface area contributed by atoms with Crippen LogP contribution in [0.1, 0.15) is 24.8 Å². The standard InChI is InChI=1S/C11H11BrN4O/c12-7-3-1-6-14-9(7)10-15-11(17-16-10)8-4-2-5-13-8/h1,3,6,8,13H,2,4-5H2/t8-/m1/s1. The molecule has 1 fully saturated rings. The average Bonchev–Trinajstić information content (AvgIpc) is 3.00. The van der Waals surface area contributed by atoms with Crippen molar-refractivity contribution in [3.05, 3.63) is 28.7 Å². The molecule has 1 atom stereocenters. The Morgan fingerprint density at radius 1 is 1.47 bits per heavy atom. The molecule has 0 spiro atoms. The summed E-state index contributed by atoms with van der Waals surface area (Å²) in [7, 11) is 0. The fourth-order valence-electron chi connectivity index (χ4n) is 1.92. The number of nitrogens with one attached hydrogen (secondary N) is 1. The lowest BCUT2D eigenvalue weighted by atomic mass is 10.2. The highest BCUT2D eigenvalue weighted by Crippen LogP contribution is 2.26. The average molecular weight is 295 g/mol. The number of hydrogen-bond donors (Lipinski definition) is 1. The number of nitrogens with zero attached hydrogens (tertiary/aromatic N) is 3. The molecule has 1 N–H and O–H groups in total. The second kappa shape index (κ2) is 4.54. The first-order valence-corrected chi connectivity index (χ1v) is 6.32. The van der Waals surface area contributed by atoms with Gasteiger partial charge in [-0.2, -0.15) is 4.98 Å². The first-order valence-electron chi connectivity index (χ1n) is 5.52. The highest BCUT2D eigenvalue weighted by atomic mass is 79.9. The van der Waals surface area contributed by atoms with E-state index in [9.17, 15) is 0 Å². The van der Waals surface area contributed by atoms with Gasteiger partial charge in [0.05, 0.1) is 6.04 Å². The molecule has 1 aliphatic heterocycles. The van der Waals surface area contributed by atoms with E-state index in [1.165, 1.54) is 0 Å². The van der Waals surface area contributed by atoms with Crippen LogP contribution in [0.2, 0.25) is 0 Å². The van der Waals surface area contributed by atoms with Gasteiger partial charge in [0.25, 0.3) is 0 Å². The smallest absolute Gasteiger partial charge is 0.244 e. The van der Waals surface area contributed by atoms with Crippen molar-refractivity contribution in [3.63, 3.8) is 0 Å². The normalized spacial score (nSPS) is 19.7. The highest BCUT2D eigenvalue weighted by Gasteiger charge is 2.23. The second-order valence-electron chi connectivity index (χ2n) is 3.94. The fourth-order valence-corrected chi connectivity index (χ4v) is 2.35. The van der Waals surface area contributed by atoms with Gasteiger partial charge in [-0.15, -0.1) is 0 Å². The third-order valence-electron chi connectivity index (χ3n) is 2.77. The van der Waals surface area contributed by atoms with Crippen LogP contribution in [0.25, 0.3) is 11.5 Å². The van der Waals surface area contributed by atoms with Gasteiger partial charge in [-0.1, -0.05) is 5.16 Å². The van der Waals surface area contributed by atoms with Crippen LogP contribution in [0.3, 0.4) is 0 Å². The predicted molar refractivity (Wildman–Crippen MR) is 65.2 cm³/mol. The van der Waals surface area contributed by atoms with E-state index in [1.807, 2.05) is 12.1 Å². The summed E-state index contributed by atoms with van der Waals surface area (Å²) in [5, 5.41) is 7.30. The molecule has 0 aromatic carbocycles. The zero-order chi connectivity index (χ0) is 11.7. The van der Waals surface area contributed by atoms with E-state index in [4.69, 9.17) is 4.52 Å². The maximum atomic E-state index is 5.27. The van der Waals surface area contributed by atoms with E-state index in [0.717, 1.165) is 23.9 Å². The first kappa shape index (κ1) is 10.9. The SMILES string of the molecule is Brc1cccnc1-c1noc([C@H]2CCCN2)n1. The minimum absolute atomic E-state index is 0.193. The van der Waals surface area contributed by atoms with Gasteiger partial charge in [0.2, 0.25) is 11.7 Å². The Kier molecular flexibility index (Phi) is 2.90. The van der Waals surface area contributed by atoms with Crippen LogP contribution < -0.4 is 5.32 Å². The Bertz CT molecular complexity index is 522. The van der Waals surface area contributed by atoms with Crippen LogP contribution in [0.5, 0.6) is 0 Å². The van der Waals surface area contributed by atoms with Crippen molar-refractivity contribution in [1.82, 2.24) is 20.4 Å². The third-order valence-corrected chi connectivity index (χ3v) is 3.41. The van der Waals surface area contributed by atoms with Crippen LogP contribution >= 0.6 is 15.9 Å². The molecule has 5 nitrogen and oxygen atoms in total. The van der Waals surface area contributed by atoms with Crippen LogP contribution in [-0.2, 0) is 0 Å². The van der Waals surface area contributed by atoms with E-state index in [1.54, 1.807) is 6.20 Å². The summed E-state index contributed by atoms with van der Waals surface area (Å²) in [4.78, 5) is 8.63. The molecule has 0 radical (unpaired) electrons. The molecule has 3 heterocycles. The summed E-state index contributed by atoms with van der Waals surface area (Å²) < 4.78 is 6.14. The van der Waals surface area contributed by atoms with Crippen LogP contribution in [-0.4, -0.2) is 21.7 Å². The number of aromatic nitrogens is 3. The quantitative estimate of drug-likeness (QED) is 0.921. The molecule has 2 aromatic rings. The summed E-state index contributed by atoms with van der Waals surface area (Å²) in [6.45, 7) is 1.01. The summed E-state index contributed by atoms with van der Waals surface area (Å²) in [5.41, 5.74) is 0.709. The zero-order valence-electron chi connectivity index (χ0n) is 9.06. The maximum Gasteiger partial charge on any atom is 0.244 e. The fraction of sp³-hybridized carbons (Fsp3) is 0.364. The molecular formula is C11H11BrN4O. The molecular weight excluding hydrogens is 284 g/mol. The molecule has 0 amide bonds. The Labute approximate surface area is 107 Å². The summed E-state index contributed by atoms with van der Waals surface area (Å²) in [6.07, 6.45) is 3.91. The van der Waals surface area contributed by atoms with Gasteiger partial charge in [-0.3, -0.25) is 4.98 Å². The lowest BCUT2D eigenvalue weighted by molar-refractivity contribution is 0.345. The largest absolute Gasteiger partial charge is 0.337 e. The van der Waals surface area contributed by atoms with Gasteiger partial charge in [0, 0.05) is 10.7 Å². The summed E-state index contributed by atoms with van der Waals surface area (Å²) in [6, 6.07) is 3.96. The monoisotopic (exact) mass is 294 g/mol. The van der Waals surface area contributed by atoms with Gasteiger partial charge < -0.3 is 9.84 Å². The van der Waals surface area contributed by atoms with Crippen molar-refractivity contribution in [1.29, 1.82) is 0 Å². The second-order valence-corrected chi connectivity index (χ2v) is 4.79. The van der Waals surface area contributed by atoms with E-state index in [0.29, 0.717) is 17.4 Å². The van der Waals surface area contributed by atoms with Gasteiger partial charge >= 0.3 is 0 Å². The van der Waals surface area contributed by atoms with Crippen molar-refractivity contribution >= 4 is 15.9 Å². The molecule has 88 valence electrons. The van der Waals surface area contributed by atoms with E-state index in [-0.39, 0.29) is 6.04 Å². The van der Waals surface area contributed by atoms with Gasteiger partial charge in [-0.05, 0) is 47.4 Å². The summed E-state index contributed by atoms with van der Waals surface area (Å²) >= 11 is 3.43. The lowest BCUT2D eigenvalue weighted by Gasteiger charge is -2.01. The van der Waals surface area contributed by atoms with Crippen molar-refractivity contribution in [3.8, 4) is 11.5 Å². The maximum absolute atomic E-state index is 5.27. The van der Waals surface area contributed by atoms with Gasteiger partial charge in [0.1, 0.15) is 5.69 Å². The first-order chi connectivity index (χ1) is 8.34. The van der Waals surface area contributed by atoms with E-state index < -0.39 is 0 Å². The predicted octanol–water partition coefficient (Wildman–Crippen LogP) is 2.32. The molecule has 1 aliphatic rings.